The number of hydrogen-bond donors (Lipinski definition) is 0. The Kier molecular flexibility index (Phi) is 5.61. The average Bonchev–Trinajstić information content (AvgIpc) is 3.03. The van der Waals surface area contributed by atoms with Crippen LogP contribution in [0.4, 0.5) is 5.69 Å². The van der Waals surface area contributed by atoms with Gasteiger partial charge in [0, 0.05) is 29.2 Å². The fourth-order valence-electron chi connectivity index (χ4n) is 3.08. The number of halogens is 1. The molecule has 2 aromatic rings. The van der Waals surface area contributed by atoms with Gasteiger partial charge in [-0.05, 0) is 55.3 Å². The second kappa shape index (κ2) is 7.92. The van der Waals surface area contributed by atoms with Crippen LogP contribution < -0.4 is 4.90 Å². The van der Waals surface area contributed by atoms with Gasteiger partial charge in [0.1, 0.15) is 0 Å². The summed E-state index contributed by atoms with van der Waals surface area (Å²) < 4.78 is 5.16. The molecule has 1 fully saturated rings. The molecule has 1 amide bonds. The molecule has 0 aromatic heterocycles. The van der Waals surface area contributed by atoms with Gasteiger partial charge in [-0.15, -0.1) is 0 Å². The topological polar surface area (TPSA) is 63.7 Å². The first-order chi connectivity index (χ1) is 12.8. The standard InChI is InChI=1S/C21H20ClNO4/c1-13-3-4-14(2)18(9-13)23-11-16(10-20(23)25)21(26)27-12-19(24)15-5-7-17(22)8-6-15/h3-9,16H,10-12H2,1-2H3/t16-/m1/s1. The van der Waals surface area contributed by atoms with Crippen molar-refractivity contribution in [2.75, 3.05) is 18.1 Å². The number of nitrogens with zero attached hydrogens (tertiary/aromatic N) is 1. The lowest BCUT2D eigenvalue weighted by Crippen LogP contribution is -2.27. The van der Waals surface area contributed by atoms with Gasteiger partial charge in [-0.3, -0.25) is 14.4 Å². The van der Waals surface area contributed by atoms with Crippen molar-refractivity contribution in [3.63, 3.8) is 0 Å². The summed E-state index contributed by atoms with van der Waals surface area (Å²) in [5, 5.41) is 0.527. The van der Waals surface area contributed by atoms with Crippen LogP contribution in [-0.4, -0.2) is 30.8 Å². The number of carbonyl (C=O) groups is 3. The highest BCUT2D eigenvalue weighted by atomic mass is 35.5. The molecule has 5 nitrogen and oxygen atoms in total. The summed E-state index contributed by atoms with van der Waals surface area (Å²) in [7, 11) is 0. The Morgan fingerprint density at radius 3 is 2.56 bits per heavy atom. The second-order valence-corrected chi connectivity index (χ2v) is 7.17. The van der Waals surface area contributed by atoms with E-state index in [9.17, 15) is 14.4 Å². The fourth-order valence-corrected chi connectivity index (χ4v) is 3.21. The summed E-state index contributed by atoms with van der Waals surface area (Å²) in [5.41, 5.74) is 3.25. The molecule has 0 radical (unpaired) electrons. The Hall–Kier alpha value is -2.66. The van der Waals surface area contributed by atoms with Gasteiger partial charge in [-0.25, -0.2) is 0 Å². The fraction of sp³-hybridized carbons (Fsp3) is 0.286. The Morgan fingerprint density at radius 2 is 1.85 bits per heavy atom. The number of anilines is 1. The summed E-state index contributed by atoms with van der Waals surface area (Å²) in [6, 6.07) is 12.2. The highest BCUT2D eigenvalue weighted by molar-refractivity contribution is 6.30. The number of ketones is 1. The number of ether oxygens (including phenoxy) is 1. The van der Waals surface area contributed by atoms with E-state index in [4.69, 9.17) is 16.3 Å². The molecule has 0 saturated carbocycles. The van der Waals surface area contributed by atoms with Crippen LogP contribution in [0, 0.1) is 19.8 Å². The molecule has 1 heterocycles. The monoisotopic (exact) mass is 385 g/mol. The lowest BCUT2D eigenvalue weighted by Gasteiger charge is -2.19. The van der Waals surface area contributed by atoms with Gasteiger partial charge < -0.3 is 9.64 Å². The van der Waals surface area contributed by atoms with Gasteiger partial charge in [0.15, 0.2) is 12.4 Å². The number of aryl methyl sites for hydroxylation is 2. The highest BCUT2D eigenvalue weighted by Gasteiger charge is 2.36. The van der Waals surface area contributed by atoms with Crippen LogP contribution in [0.1, 0.15) is 27.9 Å². The van der Waals surface area contributed by atoms with Crippen LogP contribution >= 0.6 is 11.6 Å². The molecule has 1 atom stereocenters. The number of Topliss-reactive ketones (excluding diaryl/α,β-unsaturated/α-hetero) is 1. The van der Waals surface area contributed by atoms with Crippen molar-refractivity contribution in [2.24, 2.45) is 5.92 Å². The maximum absolute atomic E-state index is 12.4. The first-order valence-corrected chi connectivity index (χ1v) is 9.06. The van der Waals surface area contributed by atoms with Crippen LogP contribution in [0.2, 0.25) is 5.02 Å². The molecule has 140 valence electrons. The van der Waals surface area contributed by atoms with Crippen LogP contribution in [0.5, 0.6) is 0 Å². The van der Waals surface area contributed by atoms with Gasteiger partial charge >= 0.3 is 5.97 Å². The number of benzene rings is 2. The van der Waals surface area contributed by atoms with Crippen molar-refractivity contribution in [2.45, 2.75) is 20.3 Å². The molecule has 0 unspecified atom stereocenters. The molecular weight excluding hydrogens is 366 g/mol. The number of hydrogen-bond acceptors (Lipinski definition) is 4. The van der Waals surface area contributed by atoms with Gasteiger partial charge in [-0.2, -0.15) is 0 Å². The van der Waals surface area contributed by atoms with Gasteiger partial charge in [0.05, 0.1) is 5.92 Å². The Labute approximate surface area is 162 Å². The van der Waals surface area contributed by atoms with E-state index >= 15 is 0 Å². The van der Waals surface area contributed by atoms with E-state index in [1.54, 1.807) is 29.2 Å². The summed E-state index contributed by atoms with van der Waals surface area (Å²) in [6.45, 7) is 3.79. The molecule has 3 rings (SSSR count). The molecule has 0 N–H and O–H groups in total. The molecule has 2 aromatic carbocycles. The van der Waals surface area contributed by atoms with E-state index in [2.05, 4.69) is 0 Å². The summed E-state index contributed by atoms with van der Waals surface area (Å²) in [5.74, 6) is -1.53. The third-order valence-electron chi connectivity index (χ3n) is 4.63. The Morgan fingerprint density at radius 1 is 1.15 bits per heavy atom. The SMILES string of the molecule is Cc1ccc(C)c(N2C[C@H](C(=O)OCC(=O)c3ccc(Cl)cc3)CC2=O)c1. The number of carbonyl (C=O) groups excluding carboxylic acids is 3. The van der Waals surface area contributed by atoms with E-state index in [0.29, 0.717) is 10.6 Å². The minimum Gasteiger partial charge on any atom is -0.457 e. The lowest BCUT2D eigenvalue weighted by atomic mass is 10.1. The molecule has 1 aliphatic heterocycles. The first-order valence-electron chi connectivity index (χ1n) is 8.68. The minimum atomic E-state index is -0.574. The van der Waals surface area contributed by atoms with E-state index in [0.717, 1.165) is 16.8 Å². The smallest absolute Gasteiger partial charge is 0.311 e. The summed E-state index contributed by atoms with van der Waals surface area (Å²) >= 11 is 5.80. The van der Waals surface area contributed by atoms with Crippen molar-refractivity contribution in [3.8, 4) is 0 Å². The van der Waals surface area contributed by atoms with Gasteiger partial charge in [0.25, 0.3) is 0 Å². The third kappa shape index (κ3) is 4.37. The number of amides is 1. The zero-order chi connectivity index (χ0) is 19.6. The van der Waals surface area contributed by atoms with Crippen LogP contribution in [0.15, 0.2) is 42.5 Å². The predicted octanol–water partition coefficient (Wildman–Crippen LogP) is 3.74. The molecule has 1 saturated heterocycles. The number of esters is 1. The van der Waals surface area contributed by atoms with Crippen molar-refractivity contribution < 1.29 is 19.1 Å². The Balaban J connectivity index is 1.61. The van der Waals surface area contributed by atoms with E-state index in [1.165, 1.54) is 0 Å². The van der Waals surface area contributed by atoms with Crippen LogP contribution in [0.25, 0.3) is 0 Å². The van der Waals surface area contributed by atoms with E-state index in [1.807, 2.05) is 32.0 Å². The molecule has 6 heteroatoms. The summed E-state index contributed by atoms with van der Waals surface area (Å²) in [6.07, 6.45) is 0.0847. The minimum absolute atomic E-state index is 0.0847. The van der Waals surface area contributed by atoms with Gasteiger partial charge in [0.2, 0.25) is 5.91 Å². The largest absolute Gasteiger partial charge is 0.457 e. The maximum atomic E-state index is 12.4. The van der Waals surface area contributed by atoms with E-state index < -0.39 is 11.9 Å². The molecule has 1 aliphatic rings. The molecule has 0 bridgehead atoms. The highest BCUT2D eigenvalue weighted by Crippen LogP contribution is 2.29. The van der Waals surface area contributed by atoms with Crippen LogP contribution in [-0.2, 0) is 14.3 Å². The first kappa shape index (κ1) is 19.1. The quantitative estimate of drug-likeness (QED) is 0.581. The Bertz CT molecular complexity index is 892. The predicted molar refractivity (Wildman–Crippen MR) is 103 cm³/mol. The molecule has 0 spiro atoms. The normalized spacial score (nSPS) is 16.5. The van der Waals surface area contributed by atoms with Gasteiger partial charge in [-0.1, -0.05) is 23.7 Å². The maximum Gasteiger partial charge on any atom is 0.311 e. The molecule has 27 heavy (non-hydrogen) atoms. The summed E-state index contributed by atoms with van der Waals surface area (Å²) in [4.78, 5) is 38.4. The van der Waals surface area contributed by atoms with Crippen LogP contribution in [0.3, 0.4) is 0 Å². The van der Waals surface area contributed by atoms with Crippen molar-refractivity contribution in [1.29, 1.82) is 0 Å². The lowest BCUT2D eigenvalue weighted by molar-refractivity contribution is -0.147. The zero-order valence-corrected chi connectivity index (χ0v) is 16.0. The molecular formula is C21H20ClNO4. The third-order valence-corrected chi connectivity index (χ3v) is 4.88. The second-order valence-electron chi connectivity index (χ2n) is 6.73. The average molecular weight is 386 g/mol. The van der Waals surface area contributed by atoms with Crippen molar-refractivity contribution >= 4 is 34.9 Å². The zero-order valence-electron chi connectivity index (χ0n) is 15.2. The van der Waals surface area contributed by atoms with E-state index in [-0.39, 0.29) is 31.3 Å². The number of rotatable bonds is 5. The molecule has 0 aliphatic carbocycles. The van der Waals surface area contributed by atoms with Crippen molar-refractivity contribution in [1.82, 2.24) is 0 Å². The van der Waals surface area contributed by atoms with Crippen molar-refractivity contribution in [3.05, 3.63) is 64.2 Å².